The van der Waals surface area contributed by atoms with E-state index in [4.69, 9.17) is 0 Å². The summed E-state index contributed by atoms with van der Waals surface area (Å²) in [6.07, 6.45) is -0.461. The molecule has 9 nitrogen and oxygen atoms in total. The monoisotopic (exact) mass is 281 g/mol. The molecule has 0 fully saturated rings. The maximum Gasteiger partial charge on any atom is 0.140 e. The lowest BCUT2D eigenvalue weighted by Crippen LogP contribution is -2.19. The van der Waals surface area contributed by atoms with Crippen LogP contribution in [0.5, 0.6) is 0 Å². The zero-order chi connectivity index (χ0) is 10.7. The van der Waals surface area contributed by atoms with Gasteiger partial charge in [0.15, 0.2) is 0 Å². The topological polar surface area (TPSA) is 222 Å². The van der Waals surface area contributed by atoms with E-state index in [1.165, 1.54) is 0 Å². The second kappa shape index (κ2) is 9.00. The van der Waals surface area contributed by atoms with Crippen molar-refractivity contribution in [3.05, 3.63) is 12.2 Å². The van der Waals surface area contributed by atoms with E-state index in [-0.39, 0.29) is 24.9 Å². The van der Waals surface area contributed by atoms with Crippen LogP contribution in [0.2, 0.25) is 0 Å². The first-order valence-electron chi connectivity index (χ1n) is 3.30. The Hall–Kier alpha value is -0.0800. The highest BCUT2D eigenvalue weighted by Gasteiger charge is 2.09. The molecule has 0 heterocycles. The van der Waals surface area contributed by atoms with E-state index >= 15 is 0 Å². The number of rotatable bonds is 5. The van der Waals surface area contributed by atoms with Gasteiger partial charge in [0, 0.05) is 6.16 Å². The van der Waals surface area contributed by atoms with Gasteiger partial charge < -0.3 is 46.6 Å². The third-order valence-electron chi connectivity index (χ3n) is 1.04. The Labute approximate surface area is 94.4 Å². The summed E-state index contributed by atoms with van der Waals surface area (Å²) in [6.45, 7) is 4.99. The number of hydrogen-bond donors (Lipinski definition) is 3. The van der Waals surface area contributed by atoms with Gasteiger partial charge in [-0.1, -0.05) is 5.57 Å². The van der Waals surface area contributed by atoms with Gasteiger partial charge in [-0.3, -0.25) is 0 Å². The van der Waals surface area contributed by atoms with Crippen LogP contribution in [0, 0.1) is 0 Å². The van der Waals surface area contributed by atoms with Crippen LogP contribution in [0.3, 0.4) is 0 Å². The van der Waals surface area contributed by atoms with Gasteiger partial charge in [0.05, 0.1) is 7.82 Å². The van der Waals surface area contributed by atoms with Crippen molar-refractivity contribution < 1.29 is 28.1 Å². The first kappa shape index (κ1) is 24.9. The van der Waals surface area contributed by atoms with E-state index in [0.717, 1.165) is 0 Å². The highest BCUT2D eigenvalue weighted by molar-refractivity contribution is 7.61. The second-order valence-corrected chi connectivity index (χ2v) is 5.79. The van der Waals surface area contributed by atoms with Crippen molar-refractivity contribution in [1.82, 2.24) is 18.5 Å². The minimum atomic E-state index is -5.45. The molecule has 1 unspecified atom stereocenters. The molecule has 11 heteroatoms. The van der Waals surface area contributed by atoms with E-state index < -0.39 is 21.6 Å². The van der Waals surface area contributed by atoms with Gasteiger partial charge in [0.2, 0.25) is 0 Å². The lowest BCUT2D eigenvalue weighted by atomic mass is 10.3. The molecule has 16 heavy (non-hydrogen) atoms. The summed E-state index contributed by atoms with van der Waals surface area (Å²) in [5.41, 5.74) is 0.561. The lowest BCUT2D eigenvalue weighted by molar-refractivity contribution is -0.337. The lowest BCUT2D eigenvalue weighted by Gasteiger charge is -2.36. The van der Waals surface area contributed by atoms with E-state index in [9.17, 15) is 23.8 Å². The predicted molar refractivity (Wildman–Crippen MR) is 58.6 cm³/mol. The van der Waals surface area contributed by atoms with Crippen LogP contribution in [0.4, 0.5) is 0 Å². The molecule has 0 aliphatic rings. The highest BCUT2D eigenvalue weighted by Crippen LogP contribution is 2.50. The normalized spacial score (nSPS) is 13.5. The molecule has 0 radical (unpaired) electrons. The molecule has 0 bridgehead atoms. The first-order chi connectivity index (χ1) is 5.62. The number of phosphoric acid groups is 1. The van der Waals surface area contributed by atoms with Crippen LogP contribution in [-0.2, 0) is 13.4 Å². The largest absolute Gasteiger partial charge is 0.790 e. The van der Waals surface area contributed by atoms with Crippen LogP contribution in [0.15, 0.2) is 12.2 Å². The molecule has 1 atom stereocenters. The summed E-state index contributed by atoms with van der Waals surface area (Å²) in [6, 6.07) is 0. The standard InChI is InChI=1S/C5H12O6P2.3H3N/c1-5(2)3-4-12(6,7)11-13(8,9)10;;;/h1,3-4H2,2H3,(H,6,7)(H2,8,9,10);3*1H3. The van der Waals surface area contributed by atoms with Crippen molar-refractivity contribution in [3.63, 3.8) is 0 Å². The quantitative estimate of drug-likeness (QED) is 0.479. The summed E-state index contributed by atoms with van der Waals surface area (Å²) in [7, 11) is -10.0. The zero-order valence-electron chi connectivity index (χ0n) is 9.97. The van der Waals surface area contributed by atoms with Crippen molar-refractivity contribution in [1.29, 1.82) is 0 Å². The molecular weight excluding hydrogens is 260 g/mol. The molecule has 0 saturated carbocycles. The first-order valence-corrected chi connectivity index (χ1v) is 6.49. The van der Waals surface area contributed by atoms with Crippen LogP contribution in [0.1, 0.15) is 13.3 Å². The smallest absolute Gasteiger partial charge is 0.140 e. The molecule has 0 aliphatic carbocycles. The van der Waals surface area contributed by atoms with Gasteiger partial charge in [-0.2, -0.15) is 0 Å². The molecule has 0 spiro atoms. The summed E-state index contributed by atoms with van der Waals surface area (Å²) in [5, 5.41) is 0. The second-order valence-electron chi connectivity index (χ2n) is 2.57. The Bertz CT molecular complexity index is 290. The SMILES string of the molecule is C=C(C)CCP(=O)([O-])OP(=O)([O-])[O-].[NH4+].[NH4+].[NH4+]. The Morgan fingerprint density at radius 1 is 1.19 bits per heavy atom. The van der Waals surface area contributed by atoms with Gasteiger partial charge in [0.25, 0.3) is 0 Å². The Morgan fingerprint density at radius 3 is 1.81 bits per heavy atom. The fraction of sp³-hybridized carbons (Fsp3) is 0.600. The van der Waals surface area contributed by atoms with Crippen LogP contribution in [0.25, 0.3) is 0 Å². The molecule has 102 valence electrons. The maximum absolute atomic E-state index is 10.7. The molecule has 0 aromatic heterocycles. The van der Waals surface area contributed by atoms with Crippen molar-refractivity contribution in [3.8, 4) is 0 Å². The van der Waals surface area contributed by atoms with E-state index in [1.54, 1.807) is 6.92 Å². The number of hydrogen-bond acceptors (Lipinski definition) is 6. The molecule has 0 aromatic rings. The van der Waals surface area contributed by atoms with Crippen molar-refractivity contribution >= 4 is 15.4 Å². The summed E-state index contributed by atoms with van der Waals surface area (Å²) < 4.78 is 24.1. The van der Waals surface area contributed by atoms with E-state index in [2.05, 4.69) is 10.9 Å². The Kier molecular flexibility index (Phi) is 14.0. The molecule has 0 rings (SSSR count). The molecule has 0 aromatic carbocycles. The molecular formula is C5H21N3O6P2. The fourth-order valence-corrected chi connectivity index (χ4v) is 2.72. The van der Waals surface area contributed by atoms with Gasteiger partial charge in [-0.05, 0) is 13.3 Å². The summed E-state index contributed by atoms with van der Waals surface area (Å²) in [5.74, 6) is 0. The fourth-order valence-electron chi connectivity index (χ4n) is 0.521. The summed E-state index contributed by atoms with van der Waals surface area (Å²) >= 11 is 0. The van der Waals surface area contributed by atoms with Gasteiger partial charge in [-0.25, -0.2) is 0 Å². The minimum Gasteiger partial charge on any atom is -0.790 e. The zero-order valence-corrected chi connectivity index (χ0v) is 11.8. The van der Waals surface area contributed by atoms with Crippen molar-refractivity contribution in [2.45, 2.75) is 13.3 Å². The predicted octanol–water partition coefficient (Wildman–Crippen LogP) is 0.480. The molecule has 0 saturated heterocycles. The molecule has 12 N–H and O–H groups in total. The van der Waals surface area contributed by atoms with Crippen LogP contribution < -0.4 is 33.1 Å². The van der Waals surface area contributed by atoms with Crippen LogP contribution >= 0.6 is 15.4 Å². The molecule has 0 amide bonds. The van der Waals surface area contributed by atoms with E-state index in [1.807, 2.05) is 0 Å². The van der Waals surface area contributed by atoms with Crippen molar-refractivity contribution in [2.24, 2.45) is 0 Å². The third-order valence-corrected chi connectivity index (χ3v) is 3.60. The highest BCUT2D eigenvalue weighted by atomic mass is 31.3. The Balaban J connectivity index is -0.000000240. The average molecular weight is 281 g/mol. The third kappa shape index (κ3) is 16.4. The Morgan fingerprint density at radius 2 is 1.56 bits per heavy atom. The van der Waals surface area contributed by atoms with Gasteiger partial charge in [0.1, 0.15) is 7.60 Å². The number of quaternary nitrogens is 3. The summed E-state index contributed by atoms with van der Waals surface area (Å²) in [4.78, 5) is 30.6. The average Bonchev–Trinajstić information content (AvgIpc) is 1.78. The minimum absolute atomic E-state index is 0. The molecule has 0 aliphatic heterocycles. The van der Waals surface area contributed by atoms with Crippen molar-refractivity contribution in [2.75, 3.05) is 6.16 Å². The van der Waals surface area contributed by atoms with Gasteiger partial charge in [-0.15, -0.1) is 6.58 Å². The van der Waals surface area contributed by atoms with Crippen LogP contribution in [-0.4, -0.2) is 6.16 Å². The number of allylic oxidation sites excluding steroid dienone is 1. The maximum atomic E-state index is 10.7. The van der Waals surface area contributed by atoms with Gasteiger partial charge >= 0.3 is 0 Å². The van der Waals surface area contributed by atoms with E-state index in [0.29, 0.717) is 5.57 Å².